The summed E-state index contributed by atoms with van der Waals surface area (Å²) in [5.74, 6) is 0.885. The number of methoxy groups -OCH3 is 1. The minimum atomic E-state index is 0.353. The molecule has 0 saturated carbocycles. The quantitative estimate of drug-likeness (QED) is 0.650. The van der Waals surface area contributed by atoms with Gasteiger partial charge in [0.05, 0.1) is 26.9 Å². The minimum Gasteiger partial charge on any atom is -0.497 e. The van der Waals surface area contributed by atoms with Crippen molar-refractivity contribution in [3.63, 3.8) is 0 Å². The molecule has 0 spiro atoms. The average molecular weight is 324 g/mol. The van der Waals surface area contributed by atoms with Gasteiger partial charge >= 0.3 is 0 Å². The molecule has 6 heteroatoms. The lowest BCUT2D eigenvalue weighted by Gasteiger charge is -2.32. The van der Waals surface area contributed by atoms with E-state index in [0.29, 0.717) is 11.2 Å². The van der Waals surface area contributed by atoms with Gasteiger partial charge in [-0.15, -0.1) is 0 Å². The molecule has 22 heavy (non-hydrogen) atoms. The first-order valence-corrected chi connectivity index (χ1v) is 8.23. The fourth-order valence-corrected chi connectivity index (χ4v) is 2.96. The molecular weight excluding hydrogens is 298 g/mol. The molecule has 1 heterocycles. The van der Waals surface area contributed by atoms with Crippen molar-refractivity contribution in [2.24, 2.45) is 0 Å². The van der Waals surface area contributed by atoms with Crippen molar-refractivity contribution in [1.82, 2.24) is 10.6 Å². The molecule has 0 bridgehead atoms. The van der Waals surface area contributed by atoms with Crippen molar-refractivity contribution in [3.8, 4) is 5.75 Å². The van der Waals surface area contributed by atoms with Gasteiger partial charge in [-0.05, 0) is 43.4 Å². The summed E-state index contributed by atoms with van der Waals surface area (Å²) >= 11 is 5.29. The van der Waals surface area contributed by atoms with Crippen LogP contribution >= 0.6 is 12.2 Å². The SMILES string of the molecule is CCNC(=S)NC[C@H](c1ccc(OC)cc1)[NH+]1CCOCC1. The molecule has 122 valence electrons. The Bertz CT molecular complexity index is 461. The number of benzene rings is 1. The Balaban J connectivity index is 2.07. The zero-order valence-electron chi connectivity index (χ0n) is 13.4. The van der Waals surface area contributed by atoms with Gasteiger partial charge in [-0.3, -0.25) is 0 Å². The van der Waals surface area contributed by atoms with Crippen LogP contribution in [0.1, 0.15) is 18.5 Å². The van der Waals surface area contributed by atoms with E-state index in [2.05, 4.69) is 22.8 Å². The fourth-order valence-electron chi connectivity index (χ4n) is 2.73. The van der Waals surface area contributed by atoms with Crippen LogP contribution < -0.4 is 20.3 Å². The van der Waals surface area contributed by atoms with E-state index in [9.17, 15) is 0 Å². The Morgan fingerprint density at radius 3 is 2.55 bits per heavy atom. The van der Waals surface area contributed by atoms with Crippen LogP contribution in [0, 0.1) is 0 Å². The fraction of sp³-hybridized carbons (Fsp3) is 0.562. The predicted molar refractivity (Wildman–Crippen MR) is 91.5 cm³/mol. The number of nitrogens with one attached hydrogen (secondary N) is 3. The Kier molecular flexibility index (Phi) is 6.89. The maximum Gasteiger partial charge on any atom is 0.166 e. The van der Waals surface area contributed by atoms with Crippen LogP contribution in [0.25, 0.3) is 0 Å². The Labute approximate surface area is 138 Å². The summed E-state index contributed by atoms with van der Waals surface area (Å²) in [4.78, 5) is 1.53. The number of rotatable bonds is 6. The van der Waals surface area contributed by atoms with Gasteiger partial charge in [-0.25, -0.2) is 0 Å². The molecule has 0 radical (unpaired) electrons. The summed E-state index contributed by atoms with van der Waals surface area (Å²) in [6.45, 7) is 7.37. The van der Waals surface area contributed by atoms with Crippen molar-refractivity contribution < 1.29 is 14.4 Å². The third kappa shape index (κ3) is 4.83. The maximum absolute atomic E-state index is 5.49. The maximum atomic E-state index is 5.49. The van der Waals surface area contributed by atoms with Gasteiger partial charge in [0, 0.05) is 12.1 Å². The van der Waals surface area contributed by atoms with Crippen molar-refractivity contribution in [2.45, 2.75) is 13.0 Å². The molecule has 0 aliphatic carbocycles. The molecule has 1 atom stereocenters. The van der Waals surface area contributed by atoms with Crippen LogP contribution in [0.15, 0.2) is 24.3 Å². The first-order valence-electron chi connectivity index (χ1n) is 7.82. The van der Waals surface area contributed by atoms with E-state index in [-0.39, 0.29) is 0 Å². The highest BCUT2D eigenvalue weighted by Gasteiger charge is 2.26. The van der Waals surface area contributed by atoms with Crippen LogP contribution in [-0.4, -0.2) is 51.6 Å². The number of hydrogen-bond acceptors (Lipinski definition) is 3. The van der Waals surface area contributed by atoms with E-state index >= 15 is 0 Å². The summed E-state index contributed by atoms with van der Waals surface area (Å²) in [6, 6.07) is 8.68. The molecule has 0 aromatic heterocycles. The second-order valence-electron chi connectivity index (χ2n) is 5.34. The number of quaternary nitrogens is 1. The van der Waals surface area contributed by atoms with Crippen molar-refractivity contribution >= 4 is 17.3 Å². The number of hydrogen-bond donors (Lipinski definition) is 3. The molecule has 2 rings (SSSR count). The summed E-state index contributed by atoms with van der Waals surface area (Å²) in [6.07, 6.45) is 0. The molecule has 1 saturated heterocycles. The van der Waals surface area contributed by atoms with Crippen molar-refractivity contribution in [1.29, 1.82) is 0 Å². The molecule has 1 aromatic rings. The zero-order valence-corrected chi connectivity index (χ0v) is 14.2. The van der Waals surface area contributed by atoms with Crippen molar-refractivity contribution in [2.75, 3.05) is 46.5 Å². The van der Waals surface area contributed by atoms with E-state index in [0.717, 1.165) is 45.1 Å². The van der Waals surface area contributed by atoms with Crippen LogP contribution in [-0.2, 0) is 4.74 Å². The smallest absolute Gasteiger partial charge is 0.166 e. The third-order valence-corrected chi connectivity index (χ3v) is 4.24. The predicted octanol–water partition coefficient (Wildman–Crippen LogP) is 0.135. The van der Waals surface area contributed by atoms with E-state index in [4.69, 9.17) is 21.7 Å². The lowest BCUT2D eigenvalue weighted by molar-refractivity contribution is -0.937. The van der Waals surface area contributed by atoms with Gasteiger partial charge in [0.2, 0.25) is 0 Å². The monoisotopic (exact) mass is 324 g/mol. The summed E-state index contributed by atoms with van der Waals surface area (Å²) < 4.78 is 10.7. The average Bonchev–Trinajstić information content (AvgIpc) is 2.57. The summed E-state index contributed by atoms with van der Waals surface area (Å²) in [5.41, 5.74) is 1.30. The zero-order chi connectivity index (χ0) is 15.8. The number of thiocarbonyl (C=S) groups is 1. The first-order chi connectivity index (χ1) is 10.7. The third-order valence-electron chi connectivity index (χ3n) is 3.95. The largest absolute Gasteiger partial charge is 0.497 e. The summed E-state index contributed by atoms with van der Waals surface area (Å²) in [7, 11) is 1.69. The number of ether oxygens (including phenoxy) is 2. The Hall–Kier alpha value is -1.37. The van der Waals surface area contributed by atoms with E-state index in [1.165, 1.54) is 10.5 Å². The molecular formula is C16H26N3O2S+. The highest BCUT2D eigenvalue weighted by atomic mass is 32.1. The molecule has 1 aliphatic rings. The van der Waals surface area contributed by atoms with E-state index < -0.39 is 0 Å². The number of morpholine rings is 1. The lowest BCUT2D eigenvalue weighted by atomic mass is 10.0. The highest BCUT2D eigenvalue weighted by Crippen LogP contribution is 2.15. The summed E-state index contributed by atoms with van der Waals surface area (Å²) in [5, 5.41) is 7.19. The topological polar surface area (TPSA) is 47.0 Å². The van der Waals surface area contributed by atoms with Crippen LogP contribution in [0.5, 0.6) is 5.75 Å². The van der Waals surface area contributed by atoms with E-state index in [1.807, 2.05) is 19.1 Å². The van der Waals surface area contributed by atoms with Crippen LogP contribution in [0.2, 0.25) is 0 Å². The lowest BCUT2D eigenvalue weighted by Crippen LogP contribution is -3.15. The molecule has 0 amide bonds. The minimum absolute atomic E-state index is 0.353. The van der Waals surface area contributed by atoms with Gasteiger partial charge in [0.25, 0.3) is 0 Å². The standard InChI is InChI=1S/C16H25N3O2S/c1-3-17-16(22)18-12-15(19-8-10-21-11-9-19)13-4-6-14(20-2)7-5-13/h4-7,15H,3,8-12H2,1-2H3,(H2,17,18,22)/p+1/t15-/m1/s1. The molecule has 1 aliphatic heterocycles. The Morgan fingerprint density at radius 1 is 1.27 bits per heavy atom. The van der Waals surface area contributed by atoms with Crippen molar-refractivity contribution in [3.05, 3.63) is 29.8 Å². The second-order valence-corrected chi connectivity index (χ2v) is 5.74. The van der Waals surface area contributed by atoms with E-state index in [1.54, 1.807) is 7.11 Å². The Morgan fingerprint density at radius 2 is 1.95 bits per heavy atom. The second kappa shape index (κ2) is 8.92. The molecule has 3 N–H and O–H groups in total. The van der Waals surface area contributed by atoms with Gasteiger partial charge in [0.15, 0.2) is 5.11 Å². The normalized spacial score (nSPS) is 16.8. The van der Waals surface area contributed by atoms with Crippen LogP contribution in [0.4, 0.5) is 0 Å². The van der Waals surface area contributed by atoms with Gasteiger partial charge in [-0.2, -0.15) is 0 Å². The van der Waals surface area contributed by atoms with Gasteiger partial charge in [-0.1, -0.05) is 0 Å². The van der Waals surface area contributed by atoms with Crippen LogP contribution in [0.3, 0.4) is 0 Å². The van der Waals surface area contributed by atoms with Gasteiger partial charge in [0.1, 0.15) is 24.9 Å². The molecule has 5 nitrogen and oxygen atoms in total. The molecule has 1 aromatic carbocycles. The molecule has 0 unspecified atom stereocenters. The first kappa shape index (κ1) is 17.0. The molecule has 1 fully saturated rings. The van der Waals surface area contributed by atoms with Gasteiger partial charge < -0.3 is 25.0 Å². The highest BCUT2D eigenvalue weighted by molar-refractivity contribution is 7.80.